The van der Waals surface area contributed by atoms with Crippen molar-refractivity contribution < 1.29 is 4.92 Å². The largest absolute Gasteiger partial charge is 0.313 e. The molecule has 0 amide bonds. The standard InChI is InChI=1S/C11H12IN5O2/c1-3-8-10(17(18)19)9(4-2)16(15-8)11-13-5-7(12)6-14-11/h5-6H,3-4H2,1-2H3. The van der Waals surface area contributed by atoms with Crippen molar-refractivity contribution in [3.8, 4) is 5.95 Å². The van der Waals surface area contributed by atoms with E-state index in [0.29, 0.717) is 30.2 Å². The van der Waals surface area contributed by atoms with Gasteiger partial charge in [-0.2, -0.15) is 9.78 Å². The molecule has 8 heteroatoms. The number of aryl methyl sites for hydroxylation is 1. The average molecular weight is 373 g/mol. The lowest BCUT2D eigenvalue weighted by Gasteiger charge is -2.02. The maximum atomic E-state index is 11.2. The zero-order valence-corrected chi connectivity index (χ0v) is 12.7. The van der Waals surface area contributed by atoms with E-state index in [4.69, 9.17) is 0 Å². The second-order valence-corrected chi connectivity index (χ2v) is 5.06. The number of rotatable bonds is 4. The van der Waals surface area contributed by atoms with E-state index < -0.39 is 0 Å². The van der Waals surface area contributed by atoms with Crippen LogP contribution in [0, 0.1) is 13.7 Å². The second kappa shape index (κ2) is 5.59. The van der Waals surface area contributed by atoms with Gasteiger partial charge in [-0.05, 0) is 35.4 Å². The summed E-state index contributed by atoms with van der Waals surface area (Å²) in [6.07, 6.45) is 4.31. The summed E-state index contributed by atoms with van der Waals surface area (Å²) < 4.78 is 2.37. The van der Waals surface area contributed by atoms with Crippen LogP contribution in [0.25, 0.3) is 5.95 Å². The highest BCUT2D eigenvalue weighted by Gasteiger charge is 2.26. The van der Waals surface area contributed by atoms with Gasteiger partial charge in [0, 0.05) is 16.0 Å². The zero-order chi connectivity index (χ0) is 14.0. The molecule has 0 bridgehead atoms. The highest BCUT2D eigenvalue weighted by Crippen LogP contribution is 2.26. The summed E-state index contributed by atoms with van der Waals surface area (Å²) in [5, 5.41) is 15.4. The Balaban J connectivity index is 2.63. The topological polar surface area (TPSA) is 86.7 Å². The van der Waals surface area contributed by atoms with E-state index in [1.165, 1.54) is 4.68 Å². The normalized spacial score (nSPS) is 10.7. The van der Waals surface area contributed by atoms with Crippen molar-refractivity contribution in [2.75, 3.05) is 0 Å². The third kappa shape index (κ3) is 2.57. The van der Waals surface area contributed by atoms with Crippen LogP contribution in [0.15, 0.2) is 12.4 Å². The van der Waals surface area contributed by atoms with Gasteiger partial charge in [0.05, 0.1) is 4.92 Å². The van der Waals surface area contributed by atoms with Crippen molar-refractivity contribution in [2.24, 2.45) is 0 Å². The molecule has 2 rings (SSSR count). The van der Waals surface area contributed by atoms with E-state index in [-0.39, 0.29) is 10.6 Å². The third-order valence-electron chi connectivity index (χ3n) is 2.67. The molecule has 7 nitrogen and oxygen atoms in total. The molecule has 100 valence electrons. The molecule has 2 aromatic rings. The number of aromatic nitrogens is 4. The van der Waals surface area contributed by atoms with Gasteiger partial charge in [0.15, 0.2) is 0 Å². The highest BCUT2D eigenvalue weighted by molar-refractivity contribution is 14.1. The van der Waals surface area contributed by atoms with Crippen molar-refractivity contribution >= 4 is 28.3 Å². The summed E-state index contributed by atoms with van der Waals surface area (Å²) in [7, 11) is 0. The van der Waals surface area contributed by atoms with Crippen LogP contribution >= 0.6 is 22.6 Å². The van der Waals surface area contributed by atoms with Gasteiger partial charge >= 0.3 is 5.69 Å². The Morgan fingerprint density at radius 3 is 2.42 bits per heavy atom. The molecule has 0 fully saturated rings. The minimum absolute atomic E-state index is 0.0761. The molecule has 0 spiro atoms. The Kier molecular flexibility index (Phi) is 4.08. The van der Waals surface area contributed by atoms with Gasteiger partial charge in [-0.15, -0.1) is 0 Å². The first-order chi connectivity index (χ1) is 9.08. The van der Waals surface area contributed by atoms with E-state index in [9.17, 15) is 10.1 Å². The molecular weight excluding hydrogens is 361 g/mol. The van der Waals surface area contributed by atoms with Crippen molar-refractivity contribution in [1.82, 2.24) is 19.7 Å². The van der Waals surface area contributed by atoms with Crippen LogP contribution in [0.3, 0.4) is 0 Å². The predicted molar refractivity (Wildman–Crippen MR) is 77.3 cm³/mol. The van der Waals surface area contributed by atoms with Gasteiger partial charge in [-0.3, -0.25) is 10.1 Å². The molecule has 0 aromatic carbocycles. The first-order valence-electron chi connectivity index (χ1n) is 5.81. The van der Waals surface area contributed by atoms with E-state index in [1.54, 1.807) is 12.4 Å². The van der Waals surface area contributed by atoms with Crippen LogP contribution < -0.4 is 0 Å². The highest BCUT2D eigenvalue weighted by atomic mass is 127. The Labute approximate surface area is 123 Å². The summed E-state index contributed by atoms with van der Waals surface area (Å²) in [6.45, 7) is 3.69. The fourth-order valence-corrected chi connectivity index (χ4v) is 2.12. The molecule has 2 aromatic heterocycles. The van der Waals surface area contributed by atoms with Gasteiger partial charge < -0.3 is 0 Å². The smallest absolute Gasteiger partial charge is 0.258 e. The summed E-state index contributed by atoms with van der Waals surface area (Å²) in [4.78, 5) is 19.1. The third-order valence-corrected chi connectivity index (χ3v) is 3.23. The van der Waals surface area contributed by atoms with E-state index in [2.05, 4.69) is 37.7 Å². The minimum Gasteiger partial charge on any atom is -0.258 e. The maximum absolute atomic E-state index is 11.2. The average Bonchev–Trinajstić information content (AvgIpc) is 2.78. The Bertz CT molecular complexity index is 608. The quantitative estimate of drug-likeness (QED) is 0.466. The van der Waals surface area contributed by atoms with Gasteiger partial charge in [0.25, 0.3) is 5.95 Å². The number of hydrogen-bond acceptors (Lipinski definition) is 5. The number of halogens is 1. The van der Waals surface area contributed by atoms with Crippen LogP contribution in [0.4, 0.5) is 5.69 Å². The minimum atomic E-state index is -0.381. The molecule has 0 radical (unpaired) electrons. The first-order valence-corrected chi connectivity index (χ1v) is 6.89. The lowest BCUT2D eigenvalue weighted by atomic mass is 10.2. The second-order valence-electron chi connectivity index (χ2n) is 3.82. The first kappa shape index (κ1) is 13.8. The summed E-state index contributed by atoms with van der Waals surface area (Å²) >= 11 is 2.10. The van der Waals surface area contributed by atoms with Crippen molar-refractivity contribution in [2.45, 2.75) is 26.7 Å². The fourth-order valence-electron chi connectivity index (χ4n) is 1.84. The molecule has 0 unspecified atom stereocenters. The Morgan fingerprint density at radius 2 is 1.95 bits per heavy atom. The maximum Gasteiger partial charge on any atom is 0.313 e. The van der Waals surface area contributed by atoms with E-state index >= 15 is 0 Å². The summed E-state index contributed by atoms with van der Waals surface area (Å²) in [5.41, 5.74) is 1.07. The van der Waals surface area contributed by atoms with Crippen LogP contribution in [-0.2, 0) is 12.8 Å². The molecule has 0 aliphatic heterocycles. The molecule has 0 N–H and O–H groups in total. The molecule has 0 aliphatic rings. The SMILES string of the molecule is CCc1nn(-c2ncc(I)cn2)c(CC)c1[N+](=O)[O-]. The molecule has 0 saturated carbocycles. The molecule has 2 heterocycles. The van der Waals surface area contributed by atoms with Gasteiger partial charge in [0.2, 0.25) is 0 Å². The van der Waals surface area contributed by atoms with E-state index in [1.807, 2.05) is 13.8 Å². The number of hydrogen-bond donors (Lipinski definition) is 0. The van der Waals surface area contributed by atoms with Crippen LogP contribution in [0.1, 0.15) is 25.2 Å². The molecular formula is C11H12IN5O2. The van der Waals surface area contributed by atoms with Crippen molar-refractivity contribution in [1.29, 1.82) is 0 Å². The van der Waals surface area contributed by atoms with E-state index in [0.717, 1.165) is 3.57 Å². The molecule has 19 heavy (non-hydrogen) atoms. The molecule has 0 aliphatic carbocycles. The monoisotopic (exact) mass is 373 g/mol. The number of nitro groups is 1. The van der Waals surface area contributed by atoms with Crippen LogP contribution in [0.2, 0.25) is 0 Å². The van der Waals surface area contributed by atoms with Gasteiger partial charge in [-0.1, -0.05) is 13.8 Å². The van der Waals surface area contributed by atoms with Crippen molar-refractivity contribution in [3.05, 3.63) is 37.5 Å². The Morgan fingerprint density at radius 1 is 1.32 bits per heavy atom. The lowest BCUT2D eigenvalue weighted by molar-refractivity contribution is -0.386. The fraction of sp³-hybridized carbons (Fsp3) is 0.364. The van der Waals surface area contributed by atoms with Crippen molar-refractivity contribution in [3.63, 3.8) is 0 Å². The lowest BCUT2D eigenvalue weighted by Crippen LogP contribution is -2.07. The molecule has 0 atom stereocenters. The predicted octanol–water partition coefficient (Wildman–Crippen LogP) is 2.30. The zero-order valence-electron chi connectivity index (χ0n) is 10.5. The van der Waals surface area contributed by atoms with Crippen LogP contribution in [-0.4, -0.2) is 24.7 Å². The summed E-state index contributed by atoms with van der Waals surface area (Å²) in [5.74, 6) is 0.361. The summed E-state index contributed by atoms with van der Waals surface area (Å²) in [6, 6.07) is 0. The number of nitrogens with zero attached hydrogens (tertiary/aromatic N) is 5. The Hall–Kier alpha value is -1.58. The molecule has 0 saturated heterocycles. The van der Waals surface area contributed by atoms with Gasteiger partial charge in [-0.25, -0.2) is 9.97 Å². The van der Waals surface area contributed by atoms with Gasteiger partial charge in [0.1, 0.15) is 11.4 Å². The van der Waals surface area contributed by atoms with Crippen LogP contribution in [0.5, 0.6) is 0 Å².